The molecule has 2 heteroatoms. The van der Waals surface area contributed by atoms with E-state index >= 15 is 0 Å². The van der Waals surface area contributed by atoms with Crippen LogP contribution in [0.15, 0.2) is 42.5 Å². The summed E-state index contributed by atoms with van der Waals surface area (Å²) in [6.45, 7) is 2.51. The van der Waals surface area contributed by atoms with E-state index in [1.165, 1.54) is 0 Å². The van der Waals surface area contributed by atoms with Crippen molar-refractivity contribution in [3.63, 3.8) is 0 Å². The van der Waals surface area contributed by atoms with Crippen LogP contribution in [0.4, 0.5) is 0 Å². The summed E-state index contributed by atoms with van der Waals surface area (Å²) >= 11 is 0. The highest BCUT2D eigenvalue weighted by atomic mass is 16.5. The first-order valence-electron chi connectivity index (χ1n) is 6.18. The Labute approximate surface area is 106 Å². The molecule has 0 aliphatic heterocycles. The Morgan fingerprint density at radius 1 is 1.06 bits per heavy atom. The molecule has 3 rings (SSSR count). The smallest absolute Gasteiger partial charge is 0.197 e. The maximum absolute atomic E-state index is 12.5. The van der Waals surface area contributed by atoms with Crippen molar-refractivity contribution in [3.8, 4) is 5.75 Å². The second kappa shape index (κ2) is 4.30. The highest BCUT2D eigenvalue weighted by molar-refractivity contribution is 6.14. The minimum atomic E-state index is 0.0795. The minimum Gasteiger partial charge on any atom is -0.493 e. The van der Waals surface area contributed by atoms with Crippen molar-refractivity contribution >= 4 is 5.78 Å². The Bertz CT molecular complexity index is 614. The van der Waals surface area contributed by atoms with Gasteiger partial charge in [0.2, 0.25) is 0 Å². The molecule has 0 heterocycles. The van der Waals surface area contributed by atoms with Crippen molar-refractivity contribution in [2.45, 2.75) is 13.3 Å². The fraction of sp³-hybridized carbons (Fsp3) is 0.188. The second-order valence-corrected chi connectivity index (χ2v) is 4.39. The third-order valence-electron chi connectivity index (χ3n) is 3.28. The molecule has 2 aromatic carbocycles. The highest BCUT2D eigenvalue weighted by Crippen LogP contribution is 2.32. The van der Waals surface area contributed by atoms with E-state index in [0.717, 1.165) is 28.7 Å². The van der Waals surface area contributed by atoms with Crippen molar-refractivity contribution in [3.05, 3.63) is 64.7 Å². The molecule has 0 bridgehead atoms. The van der Waals surface area contributed by atoms with E-state index < -0.39 is 0 Å². The minimum absolute atomic E-state index is 0.0795. The van der Waals surface area contributed by atoms with Gasteiger partial charge in [0.1, 0.15) is 5.75 Å². The molecule has 2 aromatic rings. The van der Waals surface area contributed by atoms with Crippen LogP contribution in [-0.2, 0) is 6.42 Å². The second-order valence-electron chi connectivity index (χ2n) is 4.39. The van der Waals surface area contributed by atoms with Gasteiger partial charge in [-0.3, -0.25) is 4.79 Å². The van der Waals surface area contributed by atoms with Crippen molar-refractivity contribution in [2.24, 2.45) is 0 Å². The van der Waals surface area contributed by atoms with Crippen LogP contribution < -0.4 is 4.74 Å². The number of ether oxygens (including phenoxy) is 1. The topological polar surface area (TPSA) is 26.3 Å². The molecular weight excluding hydrogens is 224 g/mol. The molecule has 90 valence electrons. The first-order valence-corrected chi connectivity index (χ1v) is 6.18. The van der Waals surface area contributed by atoms with E-state index in [1.807, 2.05) is 49.4 Å². The van der Waals surface area contributed by atoms with Gasteiger partial charge in [-0.05, 0) is 30.5 Å². The van der Waals surface area contributed by atoms with Crippen molar-refractivity contribution < 1.29 is 9.53 Å². The van der Waals surface area contributed by atoms with Gasteiger partial charge in [0.05, 0.1) is 12.2 Å². The first-order chi connectivity index (χ1) is 8.81. The van der Waals surface area contributed by atoms with Gasteiger partial charge in [-0.15, -0.1) is 0 Å². The van der Waals surface area contributed by atoms with Crippen molar-refractivity contribution in [1.82, 2.24) is 0 Å². The summed E-state index contributed by atoms with van der Waals surface area (Å²) in [5.41, 5.74) is 3.70. The van der Waals surface area contributed by atoms with E-state index in [-0.39, 0.29) is 5.78 Å². The quantitative estimate of drug-likeness (QED) is 0.685. The van der Waals surface area contributed by atoms with Crippen LogP contribution >= 0.6 is 0 Å². The van der Waals surface area contributed by atoms with Crippen LogP contribution in [0, 0.1) is 0 Å². The molecule has 0 spiro atoms. The Kier molecular flexibility index (Phi) is 2.63. The number of carbonyl (C=O) groups is 1. The zero-order chi connectivity index (χ0) is 12.5. The monoisotopic (exact) mass is 238 g/mol. The molecule has 0 amide bonds. The summed E-state index contributed by atoms with van der Waals surface area (Å²) in [5, 5.41) is 0. The first kappa shape index (κ1) is 11.0. The number of carbonyl (C=O) groups excluding carboxylic acids is 1. The van der Waals surface area contributed by atoms with E-state index in [0.29, 0.717) is 12.4 Å². The zero-order valence-corrected chi connectivity index (χ0v) is 10.3. The standard InChI is InChI=1S/C16H14O2/c1-2-18-14-9-5-7-12-10-11-6-3-4-8-13(11)16(17)15(12)14/h3-9H,2,10H2,1H3. The van der Waals surface area contributed by atoms with Crippen LogP contribution in [0.5, 0.6) is 5.75 Å². The lowest BCUT2D eigenvalue weighted by Crippen LogP contribution is -2.16. The molecule has 0 saturated heterocycles. The molecule has 0 fully saturated rings. The lowest BCUT2D eigenvalue weighted by atomic mass is 9.84. The van der Waals surface area contributed by atoms with Crippen LogP contribution in [0.25, 0.3) is 0 Å². The maximum atomic E-state index is 12.5. The molecule has 0 N–H and O–H groups in total. The highest BCUT2D eigenvalue weighted by Gasteiger charge is 2.25. The van der Waals surface area contributed by atoms with Gasteiger partial charge < -0.3 is 4.74 Å². The lowest BCUT2D eigenvalue weighted by molar-refractivity contribution is 0.103. The van der Waals surface area contributed by atoms with Crippen molar-refractivity contribution in [1.29, 1.82) is 0 Å². The summed E-state index contributed by atoms with van der Waals surface area (Å²) < 4.78 is 5.57. The van der Waals surface area contributed by atoms with Gasteiger partial charge in [-0.25, -0.2) is 0 Å². The number of hydrogen-bond acceptors (Lipinski definition) is 2. The molecule has 0 saturated carbocycles. The Hall–Kier alpha value is -2.09. The largest absolute Gasteiger partial charge is 0.493 e. The number of rotatable bonds is 2. The van der Waals surface area contributed by atoms with Crippen LogP contribution in [0.2, 0.25) is 0 Å². The molecular formula is C16H14O2. The Balaban J connectivity index is 2.17. The molecule has 2 nitrogen and oxygen atoms in total. The average molecular weight is 238 g/mol. The molecule has 1 aliphatic rings. The molecule has 0 aromatic heterocycles. The van der Waals surface area contributed by atoms with Gasteiger partial charge in [0, 0.05) is 5.56 Å². The normalized spacial score (nSPS) is 12.8. The Morgan fingerprint density at radius 3 is 2.67 bits per heavy atom. The average Bonchev–Trinajstić information content (AvgIpc) is 2.39. The third-order valence-corrected chi connectivity index (χ3v) is 3.28. The third kappa shape index (κ3) is 1.61. The van der Waals surface area contributed by atoms with Crippen molar-refractivity contribution in [2.75, 3.05) is 6.61 Å². The fourth-order valence-electron chi connectivity index (χ4n) is 2.49. The van der Waals surface area contributed by atoms with Gasteiger partial charge in [-0.1, -0.05) is 36.4 Å². The van der Waals surface area contributed by atoms with Crippen LogP contribution in [0.3, 0.4) is 0 Å². The molecule has 0 radical (unpaired) electrons. The SMILES string of the molecule is CCOc1cccc2c1C(=O)c1ccccc1C2. The predicted octanol–water partition coefficient (Wildman–Crippen LogP) is 3.22. The zero-order valence-electron chi connectivity index (χ0n) is 10.3. The maximum Gasteiger partial charge on any atom is 0.197 e. The summed E-state index contributed by atoms with van der Waals surface area (Å²) in [4.78, 5) is 12.5. The number of benzene rings is 2. The molecule has 1 aliphatic carbocycles. The summed E-state index contributed by atoms with van der Waals surface area (Å²) in [6.07, 6.45) is 0.804. The fourth-order valence-corrected chi connectivity index (χ4v) is 2.49. The lowest BCUT2D eigenvalue weighted by Gasteiger charge is -2.20. The number of fused-ring (bicyclic) bond motifs is 2. The van der Waals surface area contributed by atoms with E-state index in [9.17, 15) is 4.79 Å². The van der Waals surface area contributed by atoms with Gasteiger partial charge >= 0.3 is 0 Å². The molecule has 0 unspecified atom stereocenters. The summed E-state index contributed by atoms with van der Waals surface area (Å²) in [5.74, 6) is 0.783. The van der Waals surface area contributed by atoms with Gasteiger partial charge in [-0.2, -0.15) is 0 Å². The van der Waals surface area contributed by atoms with E-state index in [1.54, 1.807) is 0 Å². The Morgan fingerprint density at radius 2 is 1.83 bits per heavy atom. The number of ketones is 1. The van der Waals surface area contributed by atoms with Gasteiger partial charge in [0.15, 0.2) is 5.78 Å². The summed E-state index contributed by atoms with van der Waals surface area (Å²) in [6, 6.07) is 13.6. The molecule has 0 atom stereocenters. The number of hydrogen-bond donors (Lipinski definition) is 0. The van der Waals surface area contributed by atoms with Crippen LogP contribution in [0.1, 0.15) is 34.0 Å². The van der Waals surface area contributed by atoms with E-state index in [4.69, 9.17) is 4.74 Å². The molecule has 18 heavy (non-hydrogen) atoms. The van der Waals surface area contributed by atoms with Crippen LogP contribution in [-0.4, -0.2) is 12.4 Å². The summed E-state index contributed by atoms with van der Waals surface area (Å²) in [7, 11) is 0. The van der Waals surface area contributed by atoms with Gasteiger partial charge in [0.25, 0.3) is 0 Å². The predicted molar refractivity (Wildman–Crippen MR) is 70.3 cm³/mol. The van der Waals surface area contributed by atoms with E-state index in [2.05, 4.69) is 0 Å².